The molecule has 98 valence electrons. The maximum Gasteiger partial charge on any atom is 0.217 e. The van der Waals surface area contributed by atoms with Crippen LogP contribution >= 0.6 is 0 Å². The van der Waals surface area contributed by atoms with Gasteiger partial charge < -0.3 is 4.74 Å². The van der Waals surface area contributed by atoms with E-state index >= 15 is 0 Å². The molecule has 1 aromatic carbocycles. The second-order valence-electron chi connectivity index (χ2n) is 6.27. The van der Waals surface area contributed by atoms with Gasteiger partial charge in [-0.25, -0.2) is 4.99 Å². The lowest BCUT2D eigenvalue weighted by Gasteiger charge is -2.15. The second kappa shape index (κ2) is 3.48. The number of nitrogens with zero attached hydrogens (tertiary/aromatic N) is 2. The van der Waals surface area contributed by atoms with E-state index in [1.54, 1.807) is 0 Å². The first-order valence-electron chi connectivity index (χ1n) is 6.83. The van der Waals surface area contributed by atoms with Gasteiger partial charge in [-0.05, 0) is 38.1 Å². The zero-order chi connectivity index (χ0) is 13.2. The van der Waals surface area contributed by atoms with Gasteiger partial charge >= 0.3 is 0 Å². The summed E-state index contributed by atoms with van der Waals surface area (Å²) in [7, 11) is 2.18. The van der Waals surface area contributed by atoms with Gasteiger partial charge in [0, 0.05) is 5.56 Å². The SMILES string of the molecule is CN1[C@@H]2C=C[C@H]1c1c(C3=NC(C)(C)CO3)cccc12. The largest absolute Gasteiger partial charge is 0.475 e. The summed E-state index contributed by atoms with van der Waals surface area (Å²) in [6, 6.07) is 7.29. The lowest BCUT2D eigenvalue weighted by molar-refractivity contribution is 0.278. The fraction of sp³-hybridized carbons (Fsp3) is 0.438. The van der Waals surface area contributed by atoms with Crippen LogP contribution in [0.1, 0.15) is 42.6 Å². The Morgan fingerprint density at radius 1 is 1.26 bits per heavy atom. The summed E-state index contributed by atoms with van der Waals surface area (Å²) in [4.78, 5) is 7.13. The zero-order valence-electron chi connectivity index (χ0n) is 11.6. The van der Waals surface area contributed by atoms with E-state index in [-0.39, 0.29) is 5.54 Å². The van der Waals surface area contributed by atoms with Gasteiger partial charge in [0.25, 0.3) is 0 Å². The van der Waals surface area contributed by atoms with Gasteiger partial charge in [-0.2, -0.15) is 0 Å². The van der Waals surface area contributed by atoms with E-state index in [1.165, 1.54) is 16.7 Å². The van der Waals surface area contributed by atoms with Crippen LogP contribution in [-0.4, -0.2) is 30.0 Å². The van der Waals surface area contributed by atoms with Gasteiger partial charge in [-0.15, -0.1) is 0 Å². The summed E-state index contributed by atoms with van der Waals surface area (Å²) < 4.78 is 5.83. The maximum atomic E-state index is 5.83. The molecule has 0 amide bonds. The molecule has 0 aromatic heterocycles. The van der Waals surface area contributed by atoms with Crippen molar-refractivity contribution in [2.24, 2.45) is 4.99 Å². The van der Waals surface area contributed by atoms with Crippen molar-refractivity contribution < 1.29 is 4.74 Å². The number of fused-ring (bicyclic) bond motifs is 5. The molecule has 3 heterocycles. The minimum atomic E-state index is -0.0998. The molecular weight excluding hydrogens is 236 g/mol. The first-order chi connectivity index (χ1) is 9.07. The standard InChI is InChI=1S/C16H18N2O/c1-16(2)9-19-15(17-16)11-6-4-5-10-12-7-8-13(14(10)11)18(12)3/h4-8,12-13H,9H2,1-3H3/t12-,13+/m1/s1. The van der Waals surface area contributed by atoms with Crippen molar-refractivity contribution in [2.75, 3.05) is 13.7 Å². The smallest absolute Gasteiger partial charge is 0.217 e. The molecule has 3 aliphatic rings. The van der Waals surface area contributed by atoms with Gasteiger partial charge in [0.1, 0.15) is 6.61 Å². The second-order valence-corrected chi connectivity index (χ2v) is 6.27. The van der Waals surface area contributed by atoms with E-state index in [0.717, 1.165) is 5.90 Å². The number of benzene rings is 1. The highest BCUT2D eigenvalue weighted by atomic mass is 16.5. The predicted octanol–water partition coefficient (Wildman–Crippen LogP) is 2.84. The molecule has 0 spiro atoms. The molecule has 0 saturated heterocycles. The average molecular weight is 254 g/mol. The summed E-state index contributed by atoms with van der Waals surface area (Å²) in [6.45, 7) is 4.90. The molecule has 3 nitrogen and oxygen atoms in total. The average Bonchev–Trinajstić information content (AvgIpc) is 3.01. The molecule has 3 heteroatoms. The Hall–Kier alpha value is -1.61. The topological polar surface area (TPSA) is 24.8 Å². The Morgan fingerprint density at radius 3 is 2.79 bits per heavy atom. The van der Waals surface area contributed by atoms with Crippen molar-refractivity contribution in [3.63, 3.8) is 0 Å². The van der Waals surface area contributed by atoms with Gasteiger partial charge in [0.2, 0.25) is 5.90 Å². The number of ether oxygens (including phenoxy) is 1. The van der Waals surface area contributed by atoms with E-state index in [4.69, 9.17) is 9.73 Å². The summed E-state index contributed by atoms with van der Waals surface area (Å²) in [6.07, 6.45) is 4.58. The van der Waals surface area contributed by atoms with E-state index in [0.29, 0.717) is 18.7 Å². The van der Waals surface area contributed by atoms with Crippen LogP contribution in [0.5, 0.6) is 0 Å². The molecule has 0 saturated carbocycles. The van der Waals surface area contributed by atoms with Crippen LogP contribution in [0.3, 0.4) is 0 Å². The van der Waals surface area contributed by atoms with Crippen LogP contribution < -0.4 is 0 Å². The van der Waals surface area contributed by atoms with Crippen LogP contribution in [0.2, 0.25) is 0 Å². The Morgan fingerprint density at radius 2 is 2.05 bits per heavy atom. The molecule has 19 heavy (non-hydrogen) atoms. The first-order valence-corrected chi connectivity index (χ1v) is 6.83. The van der Waals surface area contributed by atoms with Crippen LogP contribution in [-0.2, 0) is 4.74 Å². The highest BCUT2D eigenvalue weighted by Gasteiger charge is 2.40. The van der Waals surface area contributed by atoms with Gasteiger partial charge in [0.05, 0.1) is 17.6 Å². The minimum absolute atomic E-state index is 0.0998. The molecule has 0 N–H and O–H groups in total. The van der Waals surface area contributed by atoms with Crippen molar-refractivity contribution in [1.29, 1.82) is 0 Å². The van der Waals surface area contributed by atoms with Crippen molar-refractivity contribution in [1.82, 2.24) is 4.90 Å². The summed E-state index contributed by atoms with van der Waals surface area (Å²) >= 11 is 0. The number of hydrogen-bond donors (Lipinski definition) is 0. The number of likely N-dealkylation sites (N-methyl/N-ethyl adjacent to an activating group) is 1. The quantitative estimate of drug-likeness (QED) is 0.720. The highest BCUT2D eigenvalue weighted by Crippen LogP contribution is 2.48. The highest BCUT2D eigenvalue weighted by molar-refractivity contribution is 5.98. The zero-order valence-corrected chi connectivity index (χ0v) is 11.6. The van der Waals surface area contributed by atoms with Gasteiger partial charge in [-0.3, -0.25) is 4.90 Å². The Kier molecular flexibility index (Phi) is 2.06. The van der Waals surface area contributed by atoms with Crippen LogP contribution in [0, 0.1) is 0 Å². The Labute approximate surface area is 113 Å². The normalized spacial score (nSPS) is 30.4. The number of rotatable bonds is 1. The fourth-order valence-corrected chi connectivity index (χ4v) is 3.36. The monoisotopic (exact) mass is 254 g/mol. The van der Waals surface area contributed by atoms with Crippen molar-refractivity contribution in [3.8, 4) is 0 Å². The third-order valence-corrected chi connectivity index (χ3v) is 4.30. The third-order valence-electron chi connectivity index (χ3n) is 4.30. The number of hydrogen-bond acceptors (Lipinski definition) is 3. The Bertz CT molecular complexity index is 615. The van der Waals surface area contributed by atoms with Crippen LogP contribution in [0.15, 0.2) is 35.3 Å². The van der Waals surface area contributed by atoms with E-state index < -0.39 is 0 Å². The van der Waals surface area contributed by atoms with E-state index in [2.05, 4.69) is 56.1 Å². The Balaban J connectivity index is 1.86. The predicted molar refractivity (Wildman–Crippen MR) is 75.4 cm³/mol. The van der Waals surface area contributed by atoms with Crippen molar-refractivity contribution >= 4 is 5.90 Å². The molecule has 3 aliphatic heterocycles. The molecule has 1 aromatic rings. The first kappa shape index (κ1) is 11.2. The molecule has 2 bridgehead atoms. The summed E-state index contributed by atoms with van der Waals surface area (Å²) in [5, 5.41) is 0. The van der Waals surface area contributed by atoms with Gasteiger partial charge in [-0.1, -0.05) is 24.3 Å². The summed E-state index contributed by atoms with van der Waals surface area (Å²) in [5.74, 6) is 0.816. The maximum absolute atomic E-state index is 5.83. The van der Waals surface area contributed by atoms with Crippen molar-refractivity contribution in [3.05, 3.63) is 47.0 Å². The third kappa shape index (κ3) is 1.45. The van der Waals surface area contributed by atoms with Crippen LogP contribution in [0.4, 0.5) is 0 Å². The molecule has 0 fully saturated rings. The minimum Gasteiger partial charge on any atom is -0.475 e. The fourth-order valence-electron chi connectivity index (χ4n) is 3.36. The van der Waals surface area contributed by atoms with E-state index in [9.17, 15) is 0 Å². The molecular formula is C16H18N2O. The lowest BCUT2D eigenvalue weighted by Crippen LogP contribution is -2.17. The lowest BCUT2D eigenvalue weighted by atomic mass is 9.92. The molecule has 0 unspecified atom stereocenters. The van der Waals surface area contributed by atoms with Crippen molar-refractivity contribution in [2.45, 2.75) is 31.5 Å². The molecule has 4 rings (SSSR count). The van der Waals surface area contributed by atoms with Crippen LogP contribution in [0.25, 0.3) is 0 Å². The summed E-state index contributed by atoms with van der Waals surface area (Å²) in [5.41, 5.74) is 3.86. The molecule has 2 atom stereocenters. The molecule has 0 aliphatic carbocycles. The number of aliphatic imine (C=N–C) groups is 1. The van der Waals surface area contributed by atoms with E-state index in [1.807, 2.05) is 0 Å². The molecule has 0 radical (unpaired) electrons. The van der Waals surface area contributed by atoms with Gasteiger partial charge in [0.15, 0.2) is 0 Å².